The summed E-state index contributed by atoms with van der Waals surface area (Å²) in [6.45, 7) is 2.05. The van der Waals surface area contributed by atoms with E-state index in [0.717, 1.165) is 48.0 Å². The summed E-state index contributed by atoms with van der Waals surface area (Å²) < 4.78 is 42.6. The Labute approximate surface area is 186 Å². The fraction of sp³-hybridized carbons (Fsp3) is 0.391. The van der Waals surface area contributed by atoms with Crippen molar-refractivity contribution < 1.29 is 18.0 Å². The largest absolute Gasteiger partial charge is 0.416 e. The van der Waals surface area contributed by atoms with E-state index in [1.165, 1.54) is 6.07 Å². The molecule has 2 aliphatic rings. The molecule has 1 atom stereocenters. The standard InChI is InChI=1S/C23H21BrF3N3O/c24-18-6-3-15(4-7-18)21-28-19-11-17(23(25,26)27)5-8-20(19)30(21)13-14-9-10-29(12-14)22(31)16-1-2-16/h3-8,11,14,16H,1-2,9-10,12-13H2/t14-/m0/s1. The third kappa shape index (κ3) is 4.10. The molecule has 1 aromatic heterocycles. The normalized spacial score (nSPS) is 19.4. The summed E-state index contributed by atoms with van der Waals surface area (Å²) in [6.07, 6.45) is -1.55. The lowest BCUT2D eigenvalue weighted by molar-refractivity contribution is -0.137. The lowest BCUT2D eigenvalue weighted by atomic mass is 10.1. The van der Waals surface area contributed by atoms with Gasteiger partial charge in [-0.05, 0) is 55.5 Å². The fourth-order valence-corrected chi connectivity index (χ4v) is 4.60. The highest BCUT2D eigenvalue weighted by Gasteiger charge is 2.37. The molecule has 1 amide bonds. The van der Waals surface area contributed by atoms with Gasteiger partial charge in [-0.1, -0.05) is 28.1 Å². The maximum Gasteiger partial charge on any atom is 0.416 e. The zero-order valence-electron chi connectivity index (χ0n) is 16.7. The van der Waals surface area contributed by atoms with Crippen LogP contribution in [0.4, 0.5) is 13.2 Å². The molecule has 2 fully saturated rings. The number of carbonyl (C=O) groups is 1. The average Bonchev–Trinajstić information content (AvgIpc) is 3.38. The molecule has 5 rings (SSSR count). The third-order valence-electron chi connectivity index (χ3n) is 6.14. The van der Waals surface area contributed by atoms with Crippen molar-refractivity contribution in [3.8, 4) is 11.4 Å². The predicted octanol–water partition coefficient (Wildman–Crippen LogP) is 5.74. The number of amides is 1. The molecule has 2 aromatic carbocycles. The molecule has 2 heterocycles. The minimum absolute atomic E-state index is 0.201. The number of imidazole rings is 1. The highest BCUT2D eigenvalue weighted by Crippen LogP contribution is 2.36. The van der Waals surface area contributed by atoms with Crippen molar-refractivity contribution in [2.24, 2.45) is 11.8 Å². The Kier molecular flexibility index (Phi) is 5.07. The van der Waals surface area contributed by atoms with E-state index in [4.69, 9.17) is 0 Å². The van der Waals surface area contributed by atoms with Crippen LogP contribution in [-0.2, 0) is 17.5 Å². The summed E-state index contributed by atoms with van der Waals surface area (Å²) in [6, 6.07) is 11.3. The SMILES string of the molecule is O=C(C1CC1)N1CC[C@H](Cn2c(-c3ccc(Br)cc3)nc3cc(C(F)(F)F)ccc32)C1. The van der Waals surface area contributed by atoms with Crippen LogP contribution in [-0.4, -0.2) is 33.4 Å². The molecule has 0 spiro atoms. The van der Waals surface area contributed by atoms with Crippen LogP contribution >= 0.6 is 15.9 Å². The van der Waals surface area contributed by atoms with E-state index in [9.17, 15) is 18.0 Å². The van der Waals surface area contributed by atoms with Gasteiger partial charge in [0.2, 0.25) is 5.91 Å². The number of alkyl halides is 3. The van der Waals surface area contributed by atoms with Gasteiger partial charge in [-0.3, -0.25) is 4.79 Å². The molecule has 1 aliphatic carbocycles. The monoisotopic (exact) mass is 491 g/mol. The van der Waals surface area contributed by atoms with Gasteiger partial charge in [-0.2, -0.15) is 13.2 Å². The molecule has 1 saturated heterocycles. The van der Waals surface area contributed by atoms with Gasteiger partial charge in [0.25, 0.3) is 0 Å². The molecular formula is C23H21BrF3N3O. The lowest BCUT2D eigenvalue weighted by Gasteiger charge is -2.18. The summed E-state index contributed by atoms with van der Waals surface area (Å²) in [4.78, 5) is 19.0. The van der Waals surface area contributed by atoms with Crippen LogP contribution in [0.2, 0.25) is 0 Å². The fourth-order valence-electron chi connectivity index (χ4n) is 4.34. The van der Waals surface area contributed by atoms with Crippen LogP contribution in [0.15, 0.2) is 46.9 Å². The number of rotatable bonds is 4. The van der Waals surface area contributed by atoms with Crippen LogP contribution < -0.4 is 0 Å². The Hall–Kier alpha value is -2.35. The van der Waals surface area contributed by atoms with Crippen molar-refractivity contribution >= 4 is 32.9 Å². The zero-order valence-corrected chi connectivity index (χ0v) is 18.3. The first-order valence-electron chi connectivity index (χ1n) is 10.4. The molecule has 0 N–H and O–H groups in total. The molecule has 162 valence electrons. The Morgan fingerprint density at radius 3 is 2.52 bits per heavy atom. The molecule has 8 heteroatoms. The van der Waals surface area contributed by atoms with Crippen molar-refractivity contribution in [3.05, 3.63) is 52.5 Å². The van der Waals surface area contributed by atoms with Gasteiger partial charge in [-0.25, -0.2) is 4.98 Å². The first-order chi connectivity index (χ1) is 14.8. The molecule has 0 bridgehead atoms. The Bertz CT molecular complexity index is 1140. The molecule has 3 aromatic rings. The van der Waals surface area contributed by atoms with Gasteiger partial charge in [0.05, 0.1) is 16.6 Å². The number of benzene rings is 2. The topological polar surface area (TPSA) is 38.1 Å². The molecule has 31 heavy (non-hydrogen) atoms. The molecular weight excluding hydrogens is 471 g/mol. The van der Waals surface area contributed by atoms with Crippen LogP contribution in [0.1, 0.15) is 24.8 Å². The minimum atomic E-state index is -4.41. The highest BCUT2D eigenvalue weighted by molar-refractivity contribution is 9.10. The number of hydrogen-bond donors (Lipinski definition) is 0. The second kappa shape index (κ2) is 7.65. The maximum absolute atomic E-state index is 13.2. The van der Waals surface area contributed by atoms with E-state index in [2.05, 4.69) is 20.9 Å². The molecule has 1 saturated carbocycles. The first-order valence-corrected chi connectivity index (χ1v) is 11.2. The van der Waals surface area contributed by atoms with Crippen LogP contribution in [0.5, 0.6) is 0 Å². The van der Waals surface area contributed by atoms with Gasteiger partial charge in [0.1, 0.15) is 5.82 Å². The summed E-state index contributed by atoms with van der Waals surface area (Å²) >= 11 is 3.42. The number of fused-ring (bicyclic) bond motifs is 1. The van der Waals surface area contributed by atoms with E-state index in [-0.39, 0.29) is 17.7 Å². The van der Waals surface area contributed by atoms with E-state index in [0.29, 0.717) is 29.9 Å². The van der Waals surface area contributed by atoms with E-state index in [1.807, 2.05) is 33.7 Å². The summed E-state index contributed by atoms with van der Waals surface area (Å²) in [5, 5.41) is 0. The summed E-state index contributed by atoms with van der Waals surface area (Å²) in [7, 11) is 0. The van der Waals surface area contributed by atoms with Crippen LogP contribution in [0.25, 0.3) is 22.4 Å². The van der Waals surface area contributed by atoms with Gasteiger partial charge >= 0.3 is 6.18 Å². The Morgan fingerprint density at radius 2 is 1.84 bits per heavy atom. The number of aromatic nitrogens is 2. The molecule has 0 unspecified atom stereocenters. The van der Waals surface area contributed by atoms with Crippen molar-refractivity contribution in [2.45, 2.75) is 32.0 Å². The van der Waals surface area contributed by atoms with Gasteiger partial charge in [0.15, 0.2) is 0 Å². The number of carbonyl (C=O) groups excluding carboxylic acids is 1. The summed E-state index contributed by atoms with van der Waals surface area (Å²) in [5.74, 6) is 1.35. The van der Waals surface area contributed by atoms with Crippen molar-refractivity contribution in [1.82, 2.24) is 14.5 Å². The van der Waals surface area contributed by atoms with Gasteiger partial charge in [-0.15, -0.1) is 0 Å². The van der Waals surface area contributed by atoms with Crippen LogP contribution in [0.3, 0.4) is 0 Å². The van der Waals surface area contributed by atoms with Crippen LogP contribution in [0, 0.1) is 11.8 Å². The first kappa shape index (κ1) is 20.5. The predicted molar refractivity (Wildman–Crippen MR) is 115 cm³/mol. The second-order valence-corrected chi connectivity index (χ2v) is 9.38. The van der Waals surface area contributed by atoms with E-state index < -0.39 is 11.7 Å². The van der Waals surface area contributed by atoms with Gasteiger partial charge < -0.3 is 9.47 Å². The quantitative estimate of drug-likeness (QED) is 0.466. The molecule has 0 radical (unpaired) electrons. The smallest absolute Gasteiger partial charge is 0.342 e. The van der Waals surface area contributed by atoms with E-state index in [1.54, 1.807) is 0 Å². The molecule has 1 aliphatic heterocycles. The number of hydrogen-bond acceptors (Lipinski definition) is 2. The Balaban J connectivity index is 1.51. The third-order valence-corrected chi connectivity index (χ3v) is 6.67. The van der Waals surface area contributed by atoms with Crippen molar-refractivity contribution in [3.63, 3.8) is 0 Å². The van der Waals surface area contributed by atoms with Crippen molar-refractivity contribution in [2.75, 3.05) is 13.1 Å². The lowest BCUT2D eigenvalue weighted by Crippen LogP contribution is -2.30. The van der Waals surface area contributed by atoms with Gasteiger partial charge in [0, 0.05) is 35.6 Å². The number of likely N-dealkylation sites (tertiary alicyclic amines) is 1. The second-order valence-electron chi connectivity index (χ2n) is 8.47. The number of nitrogens with zero attached hydrogens (tertiary/aromatic N) is 3. The minimum Gasteiger partial charge on any atom is -0.342 e. The van der Waals surface area contributed by atoms with E-state index >= 15 is 0 Å². The highest BCUT2D eigenvalue weighted by atomic mass is 79.9. The maximum atomic E-state index is 13.2. The molecule has 4 nitrogen and oxygen atoms in total. The average molecular weight is 492 g/mol. The van der Waals surface area contributed by atoms with Crippen molar-refractivity contribution in [1.29, 1.82) is 0 Å². The Morgan fingerprint density at radius 1 is 1.10 bits per heavy atom. The summed E-state index contributed by atoms with van der Waals surface area (Å²) in [5.41, 5.74) is 1.15. The zero-order chi connectivity index (χ0) is 21.8. The number of halogens is 4.